The fraction of sp³-hybridized carbons (Fsp3) is 0.333. The molecule has 1 amide bonds. The highest BCUT2D eigenvalue weighted by molar-refractivity contribution is 6.02. The number of amides is 1. The van der Waals surface area contributed by atoms with Crippen LogP contribution in [0.3, 0.4) is 0 Å². The number of fused-ring (bicyclic) bond motifs is 1. The lowest BCUT2D eigenvalue weighted by Gasteiger charge is -2.22. The summed E-state index contributed by atoms with van der Waals surface area (Å²) in [7, 11) is 1.63. The van der Waals surface area contributed by atoms with Crippen LogP contribution in [0.25, 0.3) is 21.9 Å². The van der Waals surface area contributed by atoms with Gasteiger partial charge < -0.3 is 19.5 Å². The molecule has 2 aromatic carbocycles. The fourth-order valence-corrected chi connectivity index (χ4v) is 3.63. The van der Waals surface area contributed by atoms with Crippen LogP contribution in [0, 0.1) is 0 Å². The molecule has 0 unspecified atom stereocenters. The Balaban J connectivity index is 1.43. The number of hydrogen-bond donors (Lipinski definition) is 1. The molecule has 0 atom stereocenters. The Kier molecular flexibility index (Phi) is 6.57. The van der Waals surface area contributed by atoms with Crippen molar-refractivity contribution in [2.24, 2.45) is 0 Å². The number of nitrogens with one attached hydrogen (secondary N) is 1. The van der Waals surface area contributed by atoms with Gasteiger partial charge in [-0.05, 0) is 48.1 Å². The van der Waals surface area contributed by atoms with Crippen LogP contribution in [0.4, 0.5) is 0 Å². The van der Waals surface area contributed by atoms with Crippen LogP contribution in [0.15, 0.2) is 54.9 Å². The highest BCUT2D eigenvalue weighted by Crippen LogP contribution is 2.29. The Labute approximate surface area is 176 Å². The molecule has 6 nitrogen and oxygen atoms in total. The largest absolute Gasteiger partial charge is 0.491 e. The zero-order chi connectivity index (χ0) is 20.8. The molecule has 1 fully saturated rings. The summed E-state index contributed by atoms with van der Waals surface area (Å²) >= 11 is 0. The molecule has 4 rings (SSSR count). The van der Waals surface area contributed by atoms with E-state index in [0.717, 1.165) is 53.7 Å². The minimum Gasteiger partial charge on any atom is -0.491 e. The van der Waals surface area contributed by atoms with Gasteiger partial charge in [-0.25, -0.2) is 0 Å². The van der Waals surface area contributed by atoms with Crippen molar-refractivity contribution in [1.82, 2.24) is 10.3 Å². The normalized spacial score (nSPS) is 14.6. The molecule has 1 aromatic heterocycles. The zero-order valence-corrected chi connectivity index (χ0v) is 17.1. The fourth-order valence-electron chi connectivity index (χ4n) is 3.63. The smallest absolute Gasteiger partial charge is 0.251 e. The number of pyridine rings is 1. The van der Waals surface area contributed by atoms with Gasteiger partial charge in [0.2, 0.25) is 0 Å². The van der Waals surface area contributed by atoms with Gasteiger partial charge >= 0.3 is 0 Å². The van der Waals surface area contributed by atoms with E-state index in [-0.39, 0.29) is 12.0 Å². The molecule has 1 aliphatic rings. The summed E-state index contributed by atoms with van der Waals surface area (Å²) in [5.74, 6) is 0.694. The number of nitrogens with zero attached hydrogens (tertiary/aromatic N) is 1. The van der Waals surface area contributed by atoms with Gasteiger partial charge in [0.1, 0.15) is 12.4 Å². The maximum absolute atomic E-state index is 12.0. The summed E-state index contributed by atoms with van der Waals surface area (Å²) in [4.78, 5) is 16.4. The van der Waals surface area contributed by atoms with Crippen LogP contribution < -0.4 is 10.1 Å². The summed E-state index contributed by atoms with van der Waals surface area (Å²) < 4.78 is 17.0. The van der Waals surface area contributed by atoms with E-state index in [4.69, 9.17) is 14.2 Å². The molecule has 0 spiro atoms. The van der Waals surface area contributed by atoms with Gasteiger partial charge in [-0.3, -0.25) is 9.78 Å². The molecule has 2 heterocycles. The van der Waals surface area contributed by atoms with Gasteiger partial charge in [0.25, 0.3) is 5.91 Å². The number of hydrogen-bond acceptors (Lipinski definition) is 5. The van der Waals surface area contributed by atoms with E-state index in [1.807, 2.05) is 54.9 Å². The van der Waals surface area contributed by atoms with Gasteiger partial charge in [-0.15, -0.1) is 0 Å². The Morgan fingerprint density at radius 2 is 1.90 bits per heavy atom. The summed E-state index contributed by atoms with van der Waals surface area (Å²) in [6.07, 6.45) is 5.82. The van der Waals surface area contributed by atoms with Crippen molar-refractivity contribution >= 4 is 16.7 Å². The van der Waals surface area contributed by atoms with Gasteiger partial charge in [-0.1, -0.05) is 18.2 Å². The van der Waals surface area contributed by atoms with Crippen molar-refractivity contribution in [3.05, 3.63) is 60.4 Å². The summed E-state index contributed by atoms with van der Waals surface area (Å²) in [5, 5.41) is 4.65. The molecule has 1 N–H and O–H groups in total. The first-order valence-electron chi connectivity index (χ1n) is 10.3. The van der Waals surface area contributed by atoms with Crippen molar-refractivity contribution in [3.8, 4) is 16.9 Å². The number of benzene rings is 2. The van der Waals surface area contributed by atoms with E-state index in [0.29, 0.717) is 18.8 Å². The average Bonchev–Trinajstić information content (AvgIpc) is 2.81. The van der Waals surface area contributed by atoms with Crippen molar-refractivity contribution in [3.63, 3.8) is 0 Å². The van der Waals surface area contributed by atoms with Crippen molar-refractivity contribution in [2.75, 3.05) is 33.5 Å². The first-order chi connectivity index (χ1) is 14.7. The second kappa shape index (κ2) is 9.69. The number of ether oxygens (including phenoxy) is 3. The third kappa shape index (κ3) is 4.78. The molecule has 0 bridgehead atoms. The number of carbonyl (C=O) groups is 1. The standard InChI is InChI=1S/C24H26N2O4/c1-25-24(27)18-2-3-19-15-26-16-23(22(19)14-18)17-4-6-20(7-5-17)29-12-13-30-21-8-10-28-11-9-21/h2-7,14-16,21H,8-13H2,1H3,(H,25,27). The lowest BCUT2D eigenvalue weighted by atomic mass is 9.99. The highest BCUT2D eigenvalue weighted by atomic mass is 16.5. The Morgan fingerprint density at radius 1 is 1.10 bits per heavy atom. The Bertz CT molecular complexity index is 998. The topological polar surface area (TPSA) is 69.7 Å². The average molecular weight is 406 g/mol. The van der Waals surface area contributed by atoms with Crippen molar-refractivity contribution in [2.45, 2.75) is 18.9 Å². The maximum Gasteiger partial charge on any atom is 0.251 e. The lowest BCUT2D eigenvalue weighted by Crippen LogP contribution is -2.25. The van der Waals surface area contributed by atoms with E-state index in [9.17, 15) is 4.79 Å². The quantitative estimate of drug-likeness (QED) is 0.604. The van der Waals surface area contributed by atoms with Crippen LogP contribution >= 0.6 is 0 Å². The number of aromatic nitrogens is 1. The monoisotopic (exact) mass is 406 g/mol. The van der Waals surface area contributed by atoms with Crippen LogP contribution in [-0.2, 0) is 9.47 Å². The molecule has 1 aliphatic heterocycles. The molecule has 0 radical (unpaired) electrons. The van der Waals surface area contributed by atoms with Crippen LogP contribution in [0.1, 0.15) is 23.2 Å². The van der Waals surface area contributed by atoms with Crippen LogP contribution in [-0.4, -0.2) is 50.5 Å². The Morgan fingerprint density at radius 3 is 2.67 bits per heavy atom. The van der Waals surface area contributed by atoms with E-state index in [2.05, 4.69) is 10.3 Å². The van der Waals surface area contributed by atoms with Gasteiger partial charge in [0.15, 0.2) is 0 Å². The van der Waals surface area contributed by atoms with Crippen molar-refractivity contribution < 1.29 is 19.0 Å². The van der Waals surface area contributed by atoms with E-state index in [1.165, 1.54) is 0 Å². The molecule has 3 aromatic rings. The highest BCUT2D eigenvalue weighted by Gasteiger charge is 2.14. The van der Waals surface area contributed by atoms with Gasteiger partial charge in [0.05, 0.1) is 12.7 Å². The van der Waals surface area contributed by atoms with E-state index >= 15 is 0 Å². The molecular formula is C24H26N2O4. The van der Waals surface area contributed by atoms with E-state index in [1.54, 1.807) is 7.05 Å². The van der Waals surface area contributed by atoms with Gasteiger partial charge in [-0.2, -0.15) is 0 Å². The lowest BCUT2D eigenvalue weighted by molar-refractivity contribution is -0.0388. The van der Waals surface area contributed by atoms with Gasteiger partial charge in [0, 0.05) is 49.2 Å². The van der Waals surface area contributed by atoms with Crippen molar-refractivity contribution in [1.29, 1.82) is 0 Å². The SMILES string of the molecule is CNC(=O)c1ccc2cncc(-c3ccc(OCCOC4CCOCC4)cc3)c2c1. The second-order valence-corrected chi connectivity index (χ2v) is 7.26. The molecule has 1 saturated heterocycles. The zero-order valence-electron chi connectivity index (χ0n) is 17.1. The van der Waals surface area contributed by atoms with E-state index < -0.39 is 0 Å². The predicted octanol–water partition coefficient (Wildman–Crippen LogP) is 3.84. The third-order valence-electron chi connectivity index (χ3n) is 5.29. The maximum atomic E-state index is 12.0. The third-order valence-corrected chi connectivity index (χ3v) is 5.29. The number of rotatable bonds is 7. The minimum absolute atomic E-state index is 0.105. The van der Waals surface area contributed by atoms with Crippen LogP contribution in [0.2, 0.25) is 0 Å². The summed E-state index contributed by atoms with van der Waals surface area (Å²) in [6.45, 7) is 2.64. The molecule has 156 valence electrons. The first-order valence-corrected chi connectivity index (χ1v) is 10.3. The minimum atomic E-state index is -0.105. The number of carbonyl (C=O) groups excluding carboxylic acids is 1. The molecular weight excluding hydrogens is 380 g/mol. The van der Waals surface area contributed by atoms with Crippen LogP contribution in [0.5, 0.6) is 5.75 Å². The summed E-state index contributed by atoms with van der Waals surface area (Å²) in [6, 6.07) is 13.6. The summed E-state index contributed by atoms with van der Waals surface area (Å²) in [5.41, 5.74) is 2.63. The molecule has 6 heteroatoms. The Hall–Kier alpha value is -2.96. The molecule has 0 saturated carbocycles. The predicted molar refractivity (Wildman–Crippen MR) is 116 cm³/mol. The molecule has 0 aliphatic carbocycles. The second-order valence-electron chi connectivity index (χ2n) is 7.26. The molecule has 30 heavy (non-hydrogen) atoms. The first kappa shape index (κ1) is 20.3.